The third kappa shape index (κ3) is 4.33. The third-order valence-corrected chi connectivity index (χ3v) is 6.18. The summed E-state index contributed by atoms with van der Waals surface area (Å²) in [6.07, 6.45) is -1.14. The molecule has 1 heterocycles. The Morgan fingerprint density at radius 3 is 2.18 bits per heavy atom. The van der Waals surface area contributed by atoms with Crippen molar-refractivity contribution in [3.63, 3.8) is 0 Å². The van der Waals surface area contributed by atoms with E-state index in [1.165, 1.54) is 0 Å². The van der Waals surface area contributed by atoms with E-state index in [2.05, 4.69) is 10.7 Å². The maximum atomic E-state index is 13.2. The molecule has 0 bridgehead atoms. The summed E-state index contributed by atoms with van der Waals surface area (Å²) in [5.74, 6) is -2.74. The minimum absolute atomic E-state index is 0.0725. The standard InChI is InChI=1S/C25H27N3O6/c1-25(2,3)21(22(30)28-19(23(31)32)12-20(29)27-28)26-24(33)34-13-18-16-10-6-4-8-14(16)15-9-5-7-11-17(15)18/h4-11,18-19,21H,12-13H2,1-3H3,(H,26,33)(H,27,29)(H,31,32)/t19?,21-/m1/s1. The Balaban J connectivity index is 1.48. The van der Waals surface area contributed by atoms with Gasteiger partial charge in [0.2, 0.25) is 5.91 Å². The predicted octanol–water partition coefficient (Wildman–Crippen LogP) is 2.66. The highest BCUT2D eigenvalue weighted by Crippen LogP contribution is 2.44. The van der Waals surface area contributed by atoms with Crippen LogP contribution in [0, 0.1) is 5.41 Å². The Morgan fingerprint density at radius 1 is 1.09 bits per heavy atom. The molecule has 0 aromatic heterocycles. The lowest BCUT2D eigenvalue weighted by Gasteiger charge is -2.34. The first kappa shape index (κ1) is 23.3. The lowest BCUT2D eigenvalue weighted by atomic mass is 9.86. The van der Waals surface area contributed by atoms with Gasteiger partial charge in [-0.15, -0.1) is 0 Å². The number of alkyl carbamates (subject to hydrolysis) is 1. The maximum absolute atomic E-state index is 13.2. The average molecular weight is 466 g/mol. The fraction of sp³-hybridized carbons (Fsp3) is 0.360. The number of hydrazine groups is 1. The number of hydrogen-bond acceptors (Lipinski definition) is 5. The zero-order chi connectivity index (χ0) is 24.6. The highest BCUT2D eigenvalue weighted by molar-refractivity contribution is 5.96. The molecule has 0 spiro atoms. The van der Waals surface area contributed by atoms with Crippen LogP contribution in [0.1, 0.15) is 44.2 Å². The van der Waals surface area contributed by atoms with E-state index in [-0.39, 0.29) is 18.9 Å². The van der Waals surface area contributed by atoms with E-state index in [0.717, 1.165) is 27.3 Å². The molecular weight excluding hydrogens is 438 g/mol. The number of rotatable bonds is 5. The number of carboxylic acid groups (broad SMARTS) is 1. The molecule has 3 N–H and O–H groups in total. The van der Waals surface area contributed by atoms with Gasteiger partial charge in [0.05, 0.1) is 6.42 Å². The number of ether oxygens (including phenoxy) is 1. The summed E-state index contributed by atoms with van der Waals surface area (Å²) in [4.78, 5) is 49.2. The second-order valence-electron chi connectivity index (χ2n) is 9.57. The van der Waals surface area contributed by atoms with Gasteiger partial charge in [0.1, 0.15) is 12.6 Å². The number of hydrogen-bond donors (Lipinski definition) is 3. The number of fused-ring (bicyclic) bond motifs is 3. The lowest BCUT2D eigenvalue weighted by Crippen LogP contribution is -2.59. The highest BCUT2D eigenvalue weighted by atomic mass is 16.5. The molecule has 2 aliphatic rings. The fourth-order valence-corrected chi connectivity index (χ4v) is 4.48. The van der Waals surface area contributed by atoms with Crippen molar-refractivity contribution in [2.75, 3.05) is 6.61 Å². The van der Waals surface area contributed by atoms with Gasteiger partial charge in [-0.25, -0.2) is 14.6 Å². The molecule has 9 heteroatoms. The smallest absolute Gasteiger partial charge is 0.407 e. The van der Waals surface area contributed by atoms with Crippen LogP contribution in [0.3, 0.4) is 0 Å². The largest absolute Gasteiger partial charge is 0.480 e. The van der Waals surface area contributed by atoms with E-state index in [1.807, 2.05) is 48.5 Å². The molecule has 0 radical (unpaired) electrons. The summed E-state index contributed by atoms with van der Waals surface area (Å²) < 4.78 is 5.55. The lowest BCUT2D eigenvalue weighted by molar-refractivity contribution is -0.152. The van der Waals surface area contributed by atoms with E-state index in [1.54, 1.807) is 20.8 Å². The molecule has 1 fully saturated rings. The zero-order valence-electron chi connectivity index (χ0n) is 19.2. The van der Waals surface area contributed by atoms with Crippen LogP contribution in [0.5, 0.6) is 0 Å². The van der Waals surface area contributed by atoms with Gasteiger partial charge >= 0.3 is 12.1 Å². The molecule has 34 heavy (non-hydrogen) atoms. The Labute approximate surface area is 197 Å². The normalized spacial score (nSPS) is 18.0. The summed E-state index contributed by atoms with van der Waals surface area (Å²) in [5, 5.41) is 12.7. The summed E-state index contributed by atoms with van der Waals surface area (Å²) >= 11 is 0. The van der Waals surface area contributed by atoms with Crippen LogP contribution < -0.4 is 10.7 Å². The van der Waals surface area contributed by atoms with Crippen LogP contribution in [-0.4, -0.2) is 52.7 Å². The molecule has 2 atom stereocenters. The van der Waals surface area contributed by atoms with Crippen LogP contribution in [0.25, 0.3) is 11.1 Å². The number of benzene rings is 2. The Hall–Kier alpha value is -3.88. The van der Waals surface area contributed by atoms with Crippen molar-refractivity contribution in [2.45, 2.75) is 45.2 Å². The van der Waals surface area contributed by atoms with Crippen LogP contribution in [0.4, 0.5) is 4.79 Å². The first-order valence-corrected chi connectivity index (χ1v) is 11.0. The number of aliphatic carboxylic acids is 1. The van der Waals surface area contributed by atoms with E-state index in [4.69, 9.17) is 4.74 Å². The molecule has 2 aromatic rings. The van der Waals surface area contributed by atoms with Crippen molar-refractivity contribution in [2.24, 2.45) is 5.41 Å². The summed E-state index contributed by atoms with van der Waals surface area (Å²) in [5.41, 5.74) is 5.81. The summed E-state index contributed by atoms with van der Waals surface area (Å²) in [6, 6.07) is 13.4. The van der Waals surface area contributed by atoms with Crippen LogP contribution in [-0.2, 0) is 19.1 Å². The van der Waals surface area contributed by atoms with E-state index in [0.29, 0.717) is 0 Å². The summed E-state index contributed by atoms with van der Waals surface area (Å²) in [6.45, 7) is 5.26. The topological polar surface area (TPSA) is 125 Å². The average Bonchev–Trinajstić information content (AvgIpc) is 3.33. The van der Waals surface area contributed by atoms with Crippen molar-refractivity contribution < 1.29 is 29.0 Å². The SMILES string of the molecule is CC(C)(C)[C@H](NC(=O)OCC1c2ccccc2-c2ccccc21)C(=O)N1NC(=O)CC1C(=O)O. The first-order valence-electron chi connectivity index (χ1n) is 11.0. The second kappa shape index (κ2) is 8.81. The number of nitrogens with one attached hydrogen (secondary N) is 2. The Kier molecular flexibility index (Phi) is 6.03. The van der Waals surface area contributed by atoms with Gasteiger partial charge in [0, 0.05) is 5.92 Å². The minimum atomic E-state index is -1.34. The Morgan fingerprint density at radius 2 is 1.65 bits per heavy atom. The first-order chi connectivity index (χ1) is 16.1. The second-order valence-corrected chi connectivity index (χ2v) is 9.57. The van der Waals surface area contributed by atoms with Gasteiger partial charge in [0.15, 0.2) is 6.04 Å². The molecule has 1 unspecified atom stereocenters. The van der Waals surface area contributed by atoms with Crippen LogP contribution in [0.15, 0.2) is 48.5 Å². The molecule has 178 valence electrons. The molecule has 0 saturated carbocycles. The fourth-order valence-electron chi connectivity index (χ4n) is 4.48. The van der Waals surface area contributed by atoms with Gasteiger partial charge in [0.25, 0.3) is 5.91 Å². The number of carbonyl (C=O) groups excluding carboxylic acids is 3. The minimum Gasteiger partial charge on any atom is -0.480 e. The molecule has 1 saturated heterocycles. The molecule has 3 amide bonds. The zero-order valence-corrected chi connectivity index (χ0v) is 19.2. The highest BCUT2D eigenvalue weighted by Gasteiger charge is 2.45. The predicted molar refractivity (Wildman–Crippen MR) is 122 cm³/mol. The van der Waals surface area contributed by atoms with E-state index in [9.17, 15) is 24.3 Å². The van der Waals surface area contributed by atoms with Gasteiger partial charge in [-0.3, -0.25) is 15.0 Å². The van der Waals surface area contributed by atoms with Crippen molar-refractivity contribution in [1.29, 1.82) is 0 Å². The van der Waals surface area contributed by atoms with Gasteiger partial charge in [-0.1, -0.05) is 69.3 Å². The number of carboxylic acids is 1. The number of nitrogens with zero attached hydrogens (tertiary/aromatic N) is 1. The molecule has 2 aromatic carbocycles. The summed E-state index contributed by atoms with van der Waals surface area (Å²) in [7, 11) is 0. The third-order valence-electron chi connectivity index (χ3n) is 6.18. The van der Waals surface area contributed by atoms with Crippen molar-refractivity contribution in [3.05, 3.63) is 59.7 Å². The van der Waals surface area contributed by atoms with E-state index < -0.39 is 41.4 Å². The molecule has 1 aliphatic carbocycles. The quantitative estimate of drug-likeness (QED) is 0.624. The Bertz CT molecular complexity index is 1110. The molecule has 1 aliphatic heterocycles. The van der Waals surface area contributed by atoms with Crippen molar-refractivity contribution >= 4 is 23.9 Å². The van der Waals surface area contributed by atoms with Gasteiger partial charge < -0.3 is 15.2 Å². The maximum Gasteiger partial charge on any atom is 0.407 e. The monoisotopic (exact) mass is 465 g/mol. The van der Waals surface area contributed by atoms with E-state index >= 15 is 0 Å². The molecular formula is C25H27N3O6. The van der Waals surface area contributed by atoms with Gasteiger partial charge in [-0.05, 0) is 27.7 Å². The van der Waals surface area contributed by atoms with Crippen molar-refractivity contribution in [3.8, 4) is 11.1 Å². The van der Waals surface area contributed by atoms with Crippen molar-refractivity contribution in [1.82, 2.24) is 15.8 Å². The molecule has 4 rings (SSSR count). The van der Waals surface area contributed by atoms with Gasteiger partial charge in [-0.2, -0.15) is 0 Å². The number of amides is 3. The number of carbonyl (C=O) groups is 4. The van der Waals surface area contributed by atoms with Crippen LogP contribution >= 0.6 is 0 Å². The van der Waals surface area contributed by atoms with Crippen LogP contribution in [0.2, 0.25) is 0 Å². The molecule has 9 nitrogen and oxygen atoms in total.